The normalized spacial score (nSPS) is 12.2. The molecule has 0 amide bonds. The van der Waals surface area contributed by atoms with Crippen molar-refractivity contribution < 1.29 is 9.13 Å². The van der Waals surface area contributed by atoms with Crippen LogP contribution in [0.4, 0.5) is 4.39 Å². The number of pyridine rings is 1. The van der Waals surface area contributed by atoms with E-state index in [1.165, 1.54) is 6.07 Å². The average Bonchev–Trinajstić information content (AvgIpc) is 2.43. The quantitative estimate of drug-likeness (QED) is 0.912. The number of halogens is 1. The minimum Gasteiger partial charge on any atom is -0.456 e. The minimum absolute atomic E-state index is 0.196. The van der Waals surface area contributed by atoms with Crippen molar-refractivity contribution >= 4 is 0 Å². The Balaban J connectivity index is 2.12. The number of ether oxygens (including phenoxy) is 1. The molecule has 0 saturated carbocycles. The van der Waals surface area contributed by atoms with Gasteiger partial charge in [-0.25, -0.2) is 4.39 Å². The van der Waals surface area contributed by atoms with Gasteiger partial charge in [-0.2, -0.15) is 0 Å². The summed E-state index contributed by atoms with van der Waals surface area (Å²) in [6.45, 7) is 3.74. The predicted molar refractivity (Wildman–Crippen MR) is 72.9 cm³/mol. The fraction of sp³-hybridized carbons (Fsp3) is 0.267. The molecule has 2 rings (SSSR count). The number of hydrogen-bond acceptors (Lipinski definition) is 3. The Bertz CT molecular complexity index is 555. The van der Waals surface area contributed by atoms with Crippen LogP contribution in [0.25, 0.3) is 0 Å². The van der Waals surface area contributed by atoms with Crippen molar-refractivity contribution in [3.63, 3.8) is 0 Å². The van der Waals surface area contributed by atoms with Gasteiger partial charge in [-0.1, -0.05) is 0 Å². The summed E-state index contributed by atoms with van der Waals surface area (Å²) in [6.07, 6.45) is 1.67. The third kappa shape index (κ3) is 3.29. The van der Waals surface area contributed by atoms with Gasteiger partial charge < -0.3 is 10.1 Å². The molecule has 0 radical (unpaired) electrons. The van der Waals surface area contributed by atoms with Crippen molar-refractivity contribution in [3.8, 4) is 11.5 Å². The second-order valence-electron chi connectivity index (χ2n) is 4.44. The number of nitrogens with one attached hydrogen (secondary N) is 1. The van der Waals surface area contributed by atoms with E-state index in [0.29, 0.717) is 17.1 Å². The van der Waals surface area contributed by atoms with E-state index in [1.807, 2.05) is 26.1 Å². The summed E-state index contributed by atoms with van der Waals surface area (Å²) in [5.41, 5.74) is 1.51. The van der Waals surface area contributed by atoms with Gasteiger partial charge in [-0.3, -0.25) is 4.98 Å². The maximum atomic E-state index is 13.1. The van der Waals surface area contributed by atoms with Gasteiger partial charge in [0.2, 0.25) is 0 Å². The first-order chi connectivity index (χ1) is 9.10. The summed E-state index contributed by atoms with van der Waals surface area (Å²) in [5, 5.41) is 3.12. The number of rotatable bonds is 4. The van der Waals surface area contributed by atoms with E-state index >= 15 is 0 Å². The Hall–Kier alpha value is -1.94. The monoisotopic (exact) mass is 260 g/mol. The van der Waals surface area contributed by atoms with Crippen molar-refractivity contribution in [2.45, 2.75) is 19.9 Å². The summed E-state index contributed by atoms with van der Waals surface area (Å²) in [5.74, 6) is 1.01. The van der Waals surface area contributed by atoms with Gasteiger partial charge in [-0.05, 0) is 56.8 Å². The summed E-state index contributed by atoms with van der Waals surface area (Å²) in [6, 6.07) is 8.63. The molecule has 0 aliphatic rings. The third-order valence-corrected chi connectivity index (χ3v) is 3.00. The van der Waals surface area contributed by atoms with Crippen LogP contribution in [-0.4, -0.2) is 12.0 Å². The van der Waals surface area contributed by atoms with E-state index in [2.05, 4.69) is 10.3 Å². The Labute approximate surface area is 112 Å². The molecule has 1 atom stereocenters. The predicted octanol–water partition coefficient (Wildman–Crippen LogP) is 3.60. The van der Waals surface area contributed by atoms with E-state index in [1.54, 1.807) is 25.3 Å². The molecule has 1 N–H and O–H groups in total. The van der Waals surface area contributed by atoms with Crippen LogP contribution in [0.5, 0.6) is 11.5 Å². The molecule has 1 heterocycles. The molecule has 19 heavy (non-hydrogen) atoms. The van der Waals surface area contributed by atoms with Crippen LogP contribution in [0.3, 0.4) is 0 Å². The molecule has 3 nitrogen and oxygen atoms in total. The fourth-order valence-corrected chi connectivity index (χ4v) is 1.67. The number of hydrogen-bond donors (Lipinski definition) is 1. The first-order valence-corrected chi connectivity index (χ1v) is 6.17. The molecule has 100 valence electrons. The van der Waals surface area contributed by atoms with Crippen molar-refractivity contribution in [1.29, 1.82) is 0 Å². The summed E-state index contributed by atoms with van der Waals surface area (Å²) in [4.78, 5) is 4.32. The highest BCUT2D eigenvalue weighted by molar-refractivity contribution is 5.33. The number of nitrogens with zero attached hydrogens (tertiary/aromatic N) is 1. The molecule has 0 aliphatic heterocycles. The van der Waals surface area contributed by atoms with Crippen LogP contribution in [-0.2, 0) is 0 Å². The van der Waals surface area contributed by atoms with Crippen LogP contribution in [0.15, 0.2) is 36.5 Å². The van der Waals surface area contributed by atoms with Crippen LogP contribution >= 0.6 is 0 Å². The van der Waals surface area contributed by atoms with Crippen molar-refractivity contribution in [3.05, 3.63) is 53.6 Å². The molecule has 0 aliphatic carbocycles. The average molecular weight is 260 g/mol. The highest BCUT2D eigenvalue weighted by Crippen LogP contribution is 2.23. The SMILES string of the molecule is CNC(C)c1ccc(Oc2ccc(F)c(C)c2)cn1. The van der Waals surface area contributed by atoms with E-state index in [0.717, 1.165) is 5.69 Å². The lowest BCUT2D eigenvalue weighted by molar-refractivity contribution is 0.476. The molecular formula is C15H17FN2O. The molecule has 1 unspecified atom stereocenters. The van der Waals surface area contributed by atoms with Crippen molar-refractivity contribution in [1.82, 2.24) is 10.3 Å². The zero-order chi connectivity index (χ0) is 13.8. The summed E-state index contributed by atoms with van der Waals surface area (Å²) in [7, 11) is 1.89. The molecule has 2 aromatic rings. The van der Waals surface area contributed by atoms with Gasteiger partial charge in [0.25, 0.3) is 0 Å². The minimum atomic E-state index is -0.233. The van der Waals surface area contributed by atoms with Crippen LogP contribution in [0, 0.1) is 12.7 Å². The van der Waals surface area contributed by atoms with Gasteiger partial charge in [-0.15, -0.1) is 0 Å². The standard InChI is InChI=1S/C15H17FN2O/c1-10-8-12(4-6-14(10)16)19-13-5-7-15(18-9-13)11(2)17-3/h4-9,11,17H,1-3H3. The van der Waals surface area contributed by atoms with E-state index in [4.69, 9.17) is 4.74 Å². The summed E-state index contributed by atoms with van der Waals surface area (Å²) < 4.78 is 18.8. The zero-order valence-electron chi connectivity index (χ0n) is 11.3. The number of benzene rings is 1. The number of aryl methyl sites for hydroxylation is 1. The zero-order valence-corrected chi connectivity index (χ0v) is 11.3. The second kappa shape index (κ2) is 5.80. The topological polar surface area (TPSA) is 34.1 Å². The molecule has 4 heteroatoms. The molecular weight excluding hydrogens is 243 g/mol. The van der Waals surface area contributed by atoms with Gasteiger partial charge in [0.05, 0.1) is 11.9 Å². The lowest BCUT2D eigenvalue weighted by Gasteiger charge is -2.11. The molecule has 1 aromatic carbocycles. The van der Waals surface area contributed by atoms with E-state index in [-0.39, 0.29) is 11.9 Å². The van der Waals surface area contributed by atoms with Crippen LogP contribution in [0.2, 0.25) is 0 Å². The first kappa shape index (κ1) is 13.5. The Morgan fingerprint density at radius 3 is 2.53 bits per heavy atom. The van der Waals surface area contributed by atoms with Crippen LogP contribution in [0.1, 0.15) is 24.2 Å². The lowest BCUT2D eigenvalue weighted by Crippen LogP contribution is -2.13. The second-order valence-corrected chi connectivity index (χ2v) is 4.44. The number of aromatic nitrogens is 1. The largest absolute Gasteiger partial charge is 0.456 e. The smallest absolute Gasteiger partial charge is 0.145 e. The summed E-state index contributed by atoms with van der Waals surface area (Å²) >= 11 is 0. The third-order valence-electron chi connectivity index (χ3n) is 3.00. The maximum Gasteiger partial charge on any atom is 0.145 e. The molecule has 0 spiro atoms. The molecule has 0 saturated heterocycles. The van der Waals surface area contributed by atoms with Gasteiger partial charge in [0.15, 0.2) is 0 Å². The first-order valence-electron chi connectivity index (χ1n) is 6.17. The van der Waals surface area contributed by atoms with Gasteiger partial charge in [0.1, 0.15) is 17.3 Å². The fourth-order valence-electron chi connectivity index (χ4n) is 1.67. The highest BCUT2D eigenvalue weighted by Gasteiger charge is 2.05. The molecule has 1 aromatic heterocycles. The van der Waals surface area contributed by atoms with Gasteiger partial charge in [0, 0.05) is 6.04 Å². The van der Waals surface area contributed by atoms with Gasteiger partial charge >= 0.3 is 0 Å². The van der Waals surface area contributed by atoms with E-state index in [9.17, 15) is 4.39 Å². The lowest BCUT2D eigenvalue weighted by atomic mass is 10.2. The molecule has 0 fully saturated rings. The Morgan fingerprint density at radius 2 is 1.95 bits per heavy atom. The van der Waals surface area contributed by atoms with Crippen molar-refractivity contribution in [2.24, 2.45) is 0 Å². The van der Waals surface area contributed by atoms with Crippen molar-refractivity contribution in [2.75, 3.05) is 7.05 Å². The highest BCUT2D eigenvalue weighted by atomic mass is 19.1. The Morgan fingerprint density at radius 1 is 1.21 bits per heavy atom. The van der Waals surface area contributed by atoms with E-state index < -0.39 is 0 Å². The maximum absolute atomic E-state index is 13.1. The molecule has 0 bridgehead atoms. The van der Waals surface area contributed by atoms with Crippen LogP contribution < -0.4 is 10.1 Å². The Kier molecular flexibility index (Phi) is 4.12.